The molecule has 114 valence electrons. The number of rotatable bonds is 3. The summed E-state index contributed by atoms with van der Waals surface area (Å²) in [6.45, 7) is 1.88. The van der Waals surface area contributed by atoms with Crippen molar-refractivity contribution in [3.05, 3.63) is 33.9 Å². The molecule has 1 aromatic carbocycles. The van der Waals surface area contributed by atoms with Crippen LogP contribution in [-0.2, 0) is 0 Å². The molecule has 1 aliphatic heterocycles. The fraction of sp³-hybridized carbons (Fsp3) is 0.500. The minimum absolute atomic E-state index is 0.158. The molecular weight excluding hydrogens is 274 g/mol. The normalized spacial score (nSPS) is 16.7. The summed E-state index contributed by atoms with van der Waals surface area (Å²) < 4.78 is 0. The number of piperidine rings is 1. The van der Waals surface area contributed by atoms with Crippen molar-refractivity contribution in [1.82, 2.24) is 9.80 Å². The number of aromatic hydroxyl groups is 1. The summed E-state index contributed by atoms with van der Waals surface area (Å²) in [5.74, 6) is -0.711. The van der Waals surface area contributed by atoms with Crippen LogP contribution >= 0.6 is 0 Å². The van der Waals surface area contributed by atoms with Crippen LogP contribution in [0.2, 0.25) is 0 Å². The topological polar surface area (TPSA) is 86.9 Å². The molecule has 0 saturated carbocycles. The lowest BCUT2D eigenvalue weighted by molar-refractivity contribution is -0.385. The molecule has 1 fully saturated rings. The molecule has 1 N–H and O–H groups in total. The van der Waals surface area contributed by atoms with E-state index < -0.39 is 16.4 Å². The highest BCUT2D eigenvalue weighted by Crippen LogP contribution is 2.27. The van der Waals surface area contributed by atoms with Gasteiger partial charge < -0.3 is 14.9 Å². The predicted molar refractivity (Wildman–Crippen MR) is 77.4 cm³/mol. The van der Waals surface area contributed by atoms with Crippen LogP contribution in [0, 0.1) is 10.1 Å². The van der Waals surface area contributed by atoms with Gasteiger partial charge in [-0.25, -0.2) is 0 Å². The van der Waals surface area contributed by atoms with Gasteiger partial charge in [-0.1, -0.05) is 0 Å². The highest BCUT2D eigenvalue weighted by molar-refractivity contribution is 5.95. The van der Waals surface area contributed by atoms with Crippen molar-refractivity contribution >= 4 is 11.6 Å². The fourth-order valence-electron chi connectivity index (χ4n) is 2.56. The van der Waals surface area contributed by atoms with Crippen LogP contribution in [0.4, 0.5) is 5.69 Å². The number of likely N-dealkylation sites (tertiary alicyclic amines) is 1. The molecule has 21 heavy (non-hydrogen) atoms. The Kier molecular flexibility index (Phi) is 4.42. The Hall–Kier alpha value is -2.15. The second-order valence-electron chi connectivity index (χ2n) is 5.41. The lowest BCUT2D eigenvalue weighted by Crippen LogP contribution is -2.44. The van der Waals surface area contributed by atoms with Crippen molar-refractivity contribution in [2.75, 3.05) is 27.2 Å². The van der Waals surface area contributed by atoms with Gasteiger partial charge in [0.2, 0.25) is 0 Å². The number of amides is 1. The van der Waals surface area contributed by atoms with Gasteiger partial charge in [0.25, 0.3) is 5.91 Å². The molecule has 1 aliphatic rings. The van der Waals surface area contributed by atoms with E-state index in [0.29, 0.717) is 0 Å². The maximum atomic E-state index is 12.4. The highest BCUT2D eigenvalue weighted by Gasteiger charge is 2.25. The lowest BCUT2D eigenvalue weighted by atomic mass is 10.0. The second-order valence-corrected chi connectivity index (χ2v) is 5.41. The number of nitro groups is 1. The molecule has 1 aromatic rings. The summed E-state index contributed by atoms with van der Waals surface area (Å²) in [4.78, 5) is 26.2. The van der Waals surface area contributed by atoms with E-state index in [-0.39, 0.29) is 17.5 Å². The Labute approximate surface area is 122 Å². The van der Waals surface area contributed by atoms with E-state index in [1.54, 1.807) is 11.9 Å². The van der Waals surface area contributed by atoms with Gasteiger partial charge in [-0.2, -0.15) is 0 Å². The van der Waals surface area contributed by atoms with Crippen LogP contribution in [-0.4, -0.2) is 59.0 Å². The summed E-state index contributed by atoms with van der Waals surface area (Å²) >= 11 is 0. The van der Waals surface area contributed by atoms with Crippen LogP contribution in [0.5, 0.6) is 5.75 Å². The zero-order valence-corrected chi connectivity index (χ0v) is 12.2. The molecular formula is C14H19N3O4. The first kappa shape index (κ1) is 15.2. The van der Waals surface area contributed by atoms with Crippen LogP contribution in [0.15, 0.2) is 18.2 Å². The Morgan fingerprint density at radius 3 is 2.57 bits per heavy atom. The maximum absolute atomic E-state index is 12.4. The number of nitro benzene ring substituents is 1. The molecule has 0 aliphatic carbocycles. The Morgan fingerprint density at radius 1 is 1.43 bits per heavy atom. The number of nitrogens with zero attached hydrogens (tertiary/aromatic N) is 3. The zero-order valence-electron chi connectivity index (χ0n) is 12.2. The van der Waals surface area contributed by atoms with Crippen LogP contribution in [0.3, 0.4) is 0 Å². The van der Waals surface area contributed by atoms with E-state index in [1.807, 2.05) is 7.05 Å². The third-order valence-corrected chi connectivity index (χ3v) is 3.98. The van der Waals surface area contributed by atoms with Crippen LogP contribution < -0.4 is 0 Å². The smallest absolute Gasteiger partial charge is 0.310 e. The fourth-order valence-corrected chi connectivity index (χ4v) is 2.56. The summed E-state index contributed by atoms with van der Waals surface area (Å²) in [6.07, 6.45) is 1.80. The van der Waals surface area contributed by atoms with E-state index in [4.69, 9.17) is 0 Å². The monoisotopic (exact) mass is 293 g/mol. The molecule has 0 aromatic heterocycles. The van der Waals surface area contributed by atoms with Gasteiger partial charge in [0.1, 0.15) is 0 Å². The molecule has 0 unspecified atom stereocenters. The molecule has 1 amide bonds. The lowest BCUT2D eigenvalue weighted by Gasteiger charge is -2.35. The molecule has 2 rings (SSSR count). The van der Waals surface area contributed by atoms with Gasteiger partial charge in [-0.15, -0.1) is 0 Å². The molecule has 7 nitrogen and oxygen atoms in total. The summed E-state index contributed by atoms with van der Waals surface area (Å²) in [5, 5.41) is 20.3. The summed E-state index contributed by atoms with van der Waals surface area (Å²) in [6, 6.07) is 3.86. The average Bonchev–Trinajstić information content (AvgIpc) is 2.46. The van der Waals surface area contributed by atoms with Crippen molar-refractivity contribution in [1.29, 1.82) is 0 Å². The quantitative estimate of drug-likeness (QED) is 0.673. The van der Waals surface area contributed by atoms with Crippen molar-refractivity contribution in [3.8, 4) is 5.75 Å². The van der Waals surface area contributed by atoms with Crippen LogP contribution in [0.1, 0.15) is 23.2 Å². The van der Waals surface area contributed by atoms with Gasteiger partial charge in [0.05, 0.1) is 4.92 Å². The summed E-state index contributed by atoms with van der Waals surface area (Å²) in [7, 11) is 3.78. The molecule has 1 heterocycles. The number of carbonyl (C=O) groups is 1. The van der Waals surface area contributed by atoms with E-state index >= 15 is 0 Å². The standard InChI is InChI=1S/C14H19N3O4/c1-15-7-5-11(6-8-15)16(2)14(19)10-3-4-12(17(20)21)13(18)9-10/h3-4,9,11,18H,5-8H2,1-2H3. The Bertz CT molecular complexity index is 553. The van der Waals surface area contributed by atoms with E-state index in [9.17, 15) is 20.0 Å². The predicted octanol–water partition coefficient (Wildman–Crippen LogP) is 1.47. The van der Waals surface area contributed by atoms with Crippen molar-refractivity contribution in [2.45, 2.75) is 18.9 Å². The SMILES string of the molecule is CN1CCC(N(C)C(=O)c2ccc([N+](=O)[O-])c(O)c2)CC1. The number of carbonyl (C=O) groups excluding carboxylic acids is 1. The average molecular weight is 293 g/mol. The molecule has 0 bridgehead atoms. The van der Waals surface area contributed by atoms with Crippen LogP contribution in [0.25, 0.3) is 0 Å². The van der Waals surface area contributed by atoms with Gasteiger partial charge >= 0.3 is 5.69 Å². The van der Waals surface area contributed by atoms with Gasteiger partial charge in [-0.3, -0.25) is 14.9 Å². The van der Waals surface area contributed by atoms with Gasteiger partial charge in [0, 0.05) is 24.7 Å². The first-order valence-electron chi connectivity index (χ1n) is 6.83. The highest BCUT2D eigenvalue weighted by atomic mass is 16.6. The molecule has 7 heteroatoms. The van der Waals surface area contributed by atoms with E-state index in [1.165, 1.54) is 6.07 Å². The summed E-state index contributed by atoms with van der Waals surface area (Å²) in [5.41, 5.74) is -0.131. The van der Waals surface area contributed by atoms with Gasteiger partial charge in [0.15, 0.2) is 5.75 Å². The van der Waals surface area contributed by atoms with Crippen molar-refractivity contribution < 1.29 is 14.8 Å². The van der Waals surface area contributed by atoms with E-state index in [2.05, 4.69) is 4.90 Å². The third-order valence-electron chi connectivity index (χ3n) is 3.98. The number of hydrogen-bond donors (Lipinski definition) is 1. The van der Waals surface area contributed by atoms with Crippen molar-refractivity contribution in [3.63, 3.8) is 0 Å². The minimum atomic E-state index is -0.676. The molecule has 1 saturated heterocycles. The van der Waals surface area contributed by atoms with Crippen molar-refractivity contribution in [2.24, 2.45) is 0 Å². The number of hydrogen-bond acceptors (Lipinski definition) is 5. The number of benzene rings is 1. The second kappa shape index (κ2) is 6.09. The van der Waals surface area contributed by atoms with E-state index in [0.717, 1.165) is 38.1 Å². The molecule has 0 atom stereocenters. The maximum Gasteiger partial charge on any atom is 0.310 e. The largest absolute Gasteiger partial charge is 0.502 e. The van der Waals surface area contributed by atoms with Gasteiger partial charge in [-0.05, 0) is 45.1 Å². The molecule has 0 radical (unpaired) electrons. The number of phenolic OH excluding ortho intramolecular Hbond substituents is 1. The Morgan fingerprint density at radius 2 is 2.05 bits per heavy atom. The Balaban J connectivity index is 2.12. The number of phenols is 1. The first-order chi connectivity index (χ1) is 9.90. The third kappa shape index (κ3) is 3.30. The minimum Gasteiger partial charge on any atom is -0.502 e. The zero-order chi connectivity index (χ0) is 15.6. The molecule has 0 spiro atoms. The first-order valence-corrected chi connectivity index (χ1v) is 6.83.